The van der Waals surface area contributed by atoms with Gasteiger partial charge in [0.1, 0.15) is 11.6 Å². The summed E-state index contributed by atoms with van der Waals surface area (Å²) in [6, 6.07) is 2.48. The molecule has 3 heterocycles. The van der Waals surface area contributed by atoms with Crippen molar-refractivity contribution in [2.24, 2.45) is 7.05 Å². The van der Waals surface area contributed by atoms with E-state index in [1.807, 2.05) is 16.2 Å². The number of imidazole rings is 1. The molecule has 0 bridgehead atoms. The molecule has 9 heteroatoms. The summed E-state index contributed by atoms with van der Waals surface area (Å²) in [4.78, 5) is 14.6. The quantitative estimate of drug-likeness (QED) is 0.537. The number of benzene rings is 1. The van der Waals surface area contributed by atoms with Crippen LogP contribution in [0, 0.1) is 16.4 Å². The summed E-state index contributed by atoms with van der Waals surface area (Å²) in [5.74, 6) is -1.78. The highest BCUT2D eigenvalue weighted by Crippen LogP contribution is 2.37. The van der Waals surface area contributed by atoms with E-state index in [0.29, 0.717) is 31.0 Å². The zero-order valence-corrected chi connectivity index (χ0v) is 17.8. The SMILES string of the molecule is CN(C(=O)Cc1c2n(c(=S)n1C)CC(c1c(F)ccc(Cl)c1F)C2)C1CCOC1. The Morgan fingerprint density at radius 3 is 2.86 bits per heavy atom. The minimum atomic E-state index is -0.726. The van der Waals surface area contributed by atoms with E-state index in [2.05, 4.69) is 0 Å². The summed E-state index contributed by atoms with van der Waals surface area (Å²) in [5.41, 5.74) is 1.62. The molecule has 156 valence electrons. The van der Waals surface area contributed by atoms with Crippen molar-refractivity contribution in [3.05, 3.63) is 50.5 Å². The third-order valence-electron chi connectivity index (χ3n) is 6.08. The van der Waals surface area contributed by atoms with Crippen LogP contribution < -0.4 is 0 Å². The number of hydrogen-bond donors (Lipinski definition) is 0. The number of fused-ring (bicyclic) bond motifs is 1. The minimum absolute atomic E-state index is 0.0178. The first-order chi connectivity index (χ1) is 13.8. The van der Waals surface area contributed by atoms with Gasteiger partial charge in [0.25, 0.3) is 0 Å². The maximum absolute atomic E-state index is 14.5. The second-order valence-corrected chi connectivity index (χ2v) is 8.47. The van der Waals surface area contributed by atoms with Crippen molar-refractivity contribution < 1.29 is 18.3 Å². The van der Waals surface area contributed by atoms with Crippen LogP contribution >= 0.6 is 23.8 Å². The largest absolute Gasteiger partial charge is 0.379 e. The fourth-order valence-electron chi connectivity index (χ4n) is 4.33. The molecule has 0 aliphatic carbocycles. The predicted molar refractivity (Wildman–Crippen MR) is 108 cm³/mol. The van der Waals surface area contributed by atoms with Crippen molar-refractivity contribution in [1.29, 1.82) is 0 Å². The van der Waals surface area contributed by atoms with Gasteiger partial charge in [-0.25, -0.2) is 8.78 Å². The van der Waals surface area contributed by atoms with E-state index in [4.69, 9.17) is 28.6 Å². The van der Waals surface area contributed by atoms with E-state index >= 15 is 0 Å². The van der Waals surface area contributed by atoms with Gasteiger partial charge in [-0.15, -0.1) is 0 Å². The molecule has 1 saturated heterocycles. The van der Waals surface area contributed by atoms with Gasteiger partial charge >= 0.3 is 0 Å². The molecule has 2 aliphatic rings. The van der Waals surface area contributed by atoms with Gasteiger partial charge < -0.3 is 18.8 Å². The Labute approximate surface area is 177 Å². The van der Waals surface area contributed by atoms with Gasteiger partial charge in [0.05, 0.1) is 24.1 Å². The second kappa shape index (κ2) is 7.81. The van der Waals surface area contributed by atoms with Crippen molar-refractivity contribution in [1.82, 2.24) is 14.0 Å². The van der Waals surface area contributed by atoms with Crippen LogP contribution in [0.4, 0.5) is 8.78 Å². The van der Waals surface area contributed by atoms with Crippen LogP contribution in [0.5, 0.6) is 0 Å². The van der Waals surface area contributed by atoms with Gasteiger partial charge in [-0.2, -0.15) is 0 Å². The Morgan fingerprint density at radius 2 is 2.17 bits per heavy atom. The molecule has 2 aromatic rings. The minimum Gasteiger partial charge on any atom is -0.379 e. The molecule has 5 nitrogen and oxygen atoms in total. The Balaban J connectivity index is 1.62. The average molecular weight is 442 g/mol. The number of amides is 1. The smallest absolute Gasteiger partial charge is 0.228 e. The lowest BCUT2D eigenvalue weighted by Gasteiger charge is -2.23. The molecule has 2 unspecified atom stereocenters. The number of carbonyl (C=O) groups excluding carboxylic acids is 1. The molecule has 1 aromatic carbocycles. The van der Waals surface area contributed by atoms with E-state index in [-0.39, 0.29) is 29.0 Å². The molecule has 0 spiro atoms. The summed E-state index contributed by atoms with van der Waals surface area (Å²) < 4.78 is 38.5. The van der Waals surface area contributed by atoms with Crippen molar-refractivity contribution in [2.75, 3.05) is 20.3 Å². The zero-order chi connectivity index (χ0) is 20.9. The standard InChI is InChI=1S/C20H22ClF2N3O2S/c1-24(12-5-6-28-10-12)17(27)8-15-16-7-11(9-26(16)20(29)25(15)2)18-14(22)4-3-13(21)19(18)23/h3-4,11-12H,5-10H2,1-2H3. The third-order valence-corrected chi connectivity index (χ3v) is 6.86. The second-order valence-electron chi connectivity index (χ2n) is 7.70. The molecular weight excluding hydrogens is 420 g/mol. The number of ether oxygens (including phenoxy) is 1. The summed E-state index contributed by atoms with van der Waals surface area (Å²) in [5, 5.41) is -0.0991. The van der Waals surface area contributed by atoms with Crippen molar-refractivity contribution in [3.8, 4) is 0 Å². The van der Waals surface area contributed by atoms with Gasteiger partial charge in [-0.1, -0.05) is 11.6 Å². The molecule has 2 atom stereocenters. The van der Waals surface area contributed by atoms with Crippen LogP contribution in [0.2, 0.25) is 5.02 Å². The zero-order valence-electron chi connectivity index (χ0n) is 16.3. The molecule has 0 N–H and O–H groups in total. The molecule has 0 radical (unpaired) electrons. The van der Waals surface area contributed by atoms with E-state index in [9.17, 15) is 13.6 Å². The topological polar surface area (TPSA) is 39.4 Å². The monoisotopic (exact) mass is 441 g/mol. The third kappa shape index (κ3) is 3.51. The van der Waals surface area contributed by atoms with Crippen LogP contribution in [0.15, 0.2) is 12.1 Å². The molecule has 1 amide bonds. The molecule has 0 saturated carbocycles. The van der Waals surface area contributed by atoms with Crippen LogP contribution in [0.25, 0.3) is 0 Å². The predicted octanol–water partition coefficient (Wildman–Crippen LogP) is 3.62. The van der Waals surface area contributed by atoms with E-state index in [0.717, 1.165) is 17.8 Å². The lowest BCUT2D eigenvalue weighted by atomic mass is 9.95. The molecule has 29 heavy (non-hydrogen) atoms. The van der Waals surface area contributed by atoms with Crippen LogP contribution in [0.3, 0.4) is 0 Å². The fraction of sp³-hybridized carbons (Fsp3) is 0.500. The summed E-state index contributed by atoms with van der Waals surface area (Å²) in [6.45, 7) is 1.56. The number of nitrogens with zero attached hydrogens (tertiary/aromatic N) is 3. The van der Waals surface area contributed by atoms with Gasteiger partial charge in [0.15, 0.2) is 4.77 Å². The number of hydrogen-bond acceptors (Lipinski definition) is 3. The maximum Gasteiger partial charge on any atom is 0.228 e. The van der Waals surface area contributed by atoms with Gasteiger partial charge in [0, 0.05) is 50.1 Å². The molecule has 1 fully saturated rings. The van der Waals surface area contributed by atoms with Crippen LogP contribution in [0.1, 0.15) is 29.3 Å². The van der Waals surface area contributed by atoms with E-state index in [1.54, 1.807) is 11.9 Å². The highest BCUT2D eigenvalue weighted by molar-refractivity contribution is 7.71. The lowest BCUT2D eigenvalue weighted by molar-refractivity contribution is -0.131. The lowest BCUT2D eigenvalue weighted by Crippen LogP contribution is -2.38. The highest BCUT2D eigenvalue weighted by Gasteiger charge is 2.34. The first-order valence-electron chi connectivity index (χ1n) is 9.53. The Bertz CT molecular complexity index is 1030. The first kappa shape index (κ1) is 20.5. The van der Waals surface area contributed by atoms with Gasteiger partial charge in [0.2, 0.25) is 5.91 Å². The van der Waals surface area contributed by atoms with Crippen LogP contribution in [-0.2, 0) is 36.0 Å². The normalized spacial score (nSPS) is 20.9. The summed E-state index contributed by atoms with van der Waals surface area (Å²) in [7, 11) is 3.61. The number of carbonyl (C=O) groups is 1. The number of aromatic nitrogens is 2. The van der Waals surface area contributed by atoms with Gasteiger partial charge in [-0.3, -0.25) is 4.79 Å². The highest BCUT2D eigenvalue weighted by atomic mass is 35.5. The Kier molecular flexibility index (Phi) is 5.52. The van der Waals surface area contributed by atoms with E-state index < -0.39 is 17.6 Å². The Hall–Kier alpha value is -1.77. The molecular formula is C20H22ClF2N3O2S. The Morgan fingerprint density at radius 1 is 1.41 bits per heavy atom. The maximum atomic E-state index is 14.5. The average Bonchev–Trinajstić information content (AvgIpc) is 3.41. The van der Waals surface area contributed by atoms with E-state index in [1.165, 1.54) is 12.1 Å². The first-order valence-corrected chi connectivity index (χ1v) is 10.3. The van der Waals surface area contributed by atoms with Crippen LogP contribution in [-0.4, -0.2) is 46.2 Å². The summed E-state index contributed by atoms with van der Waals surface area (Å²) in [6.07, 6.45) is 1.41. The van der Waals surface area contributed by atoms with Gasteiger partial charge in [-0.05, 0) is 37.2 Å². The van der Waals surface area contributed by atoms with Crippen molar-refractivity contribution in [3.63, 3.8) is 0 Å². The molecule has 1 aromatic heterocycles. The number of likely N-dealkylation sites (N-methyl/N-ethyl adjacent to an activating group) is 1. The molecule has 2 aliphatic heterocycles. The fourth-order valence-corrected chi connectivity index (χ4v) is 4.79. The van der Waals surface area contributed by atoms with Crippen molar-refractivity contribution >= 4 is 29.7 Å². The number of rotatable bonds is 4. The number of halogens is 3. The van der Waals surface area contributed by atoms with Crippen molar-refractivity contribution in [2.45, 2.75) is 37.8 Å². The summed E-state index contributed by atoms with van der Waals surface area (Å²) >= 11 is 11.4. The molecule has 4 rings (SSSR count).